The van der Waals surface area contributed by atoms with E-state index >= 15 is 0 Å². The zero-order valence-corrected chi connectivity index (χ0v) is 14.8. The van der Waals surface area contributed by atoms with Crippen LogP contribution in [0.1, 0.15) is 36.4 Å². The van der Waals surface area contributed by atoms with Crippen molar-refractivity contribution in [1.29, 1.82) is 0 Å². The first kappa shape index (κ1) is 18.0. The number of carboxylic acid groups (broad SMARTS) is 1. The molecule has 0 saturated carbocycles. The normalized spacial score (nSPS) is 16.1. The molecule has 3 rings (SSSR count). The second kappa shape index (κ2) is 8.06. The lowest BCUT2D eigenvalue weighted by Crippen LogP contribution is -2.39. The molecular formula is C20H19ClN2O3. The molecule has 26 heavy (non-hydrogen) atoms. The Morgan fingerprint density at radius 2 is 1.73 bits per heavy atom. The lowest BCUT2D eigenvalue weighted by molar-refractivity contribution is -0.137. The van der Waals surface area contributed by atoms with Crippen molar-refractivity contribution in [2.45, 2.75) is 25.3 Å². The van der Waals surface area contributed by atoms with Gasteiger partial charge in [0, 0.05) is 17.9 Å². The van der Waals surface area contributed by atoms with Crippen molar-refractivity contribution in [3.05, 3.63) is 76.8 Å². The maximum atomic E-state index is 12.7. The Balaban J connectivity index is 1.86. The maximum absolute atomic E-state index is 12.7. The molecule has 0 saturated heterocycles. The van der Waals surface area contributed by atoms with Crippen LogP contribution in [0.2, 0.25) is 5.02 Å². The zero-order chi connectivity index (χ0) is 18.5. The number of carboxylic acids is 1. The number of carbonyl (C=O) groups excluding carboxylic acids is 1. The molecule has 2 aromatic rings. The summed E-state index contributed by atoms with van der Waals surface area (Å²) in [5.41, 5.74) is 5.76. The van der Waals surface area contributed by atoms with Crippen molar-refractivity contribution in [1.82, 2.24) is 10.4 Å². The van der Waals surface area contributed by atoms with Crippen molar-refractivity contribution in [3.63, 3.8) is 0 Å². The van der Waals surface area contributed by atoms with Crippen LogP contribution in [0.25, 0.3) is 5.70 Å². The first-order valence-corrected chi connectivity index (χ1v) is 8.76. The highest BCUT2D eigenvalue weighted by Gasteiger charge is 2.31. The molecule has 1 aliphatic heterocycles. The number of halogens is 1. The van der Waals surface area contributed by atoms with E-state index in [4.69, 9.17) is 16.7 Å². The lowest BCUT2D eigenvalue weighted by atomic mass is 10.0. The maximum Gasteiger partial charge on any atom is 0.303 e. The Kier molecular flexibility index (Phi) is 5.58. The summed E-state index contributed by atoms with van der Waals surface area (Å²) >= 11 is 6.34. The van der Waals surface area contributed by atoms with E-state index in [1.165, 1.54) is 5.01 Å². The summed E-state index contributed by atoms with van der Waals surface area (Å²) in [5, 5.41) is 10.9. The van der Waals surface area contributed by atoms with E-state index in [0.717, 1.165) is 16.8 Å². The zero-order valence-electron chi connectivity index (χ0n) is 14.1. The second-order valence-electron chi connectivity index (χ2n) is 6.04. The molecule has 0 radical (unpaired) electrons. The number of hydrazine groups is 1. The molecule has 1 amide bonds. The fourth-order valence-corrected chi connectivity index (χ4v) is 3.17. The van der Waals surface area contributed by atoms with Crippen molar-refractivity contribution in [2.24, 2.45) is 0 Å². The van der Waals surface area contributed by atoms with E-state index in [1.54, 1.807) is 6.07 Å². The van der Waals surface area contributed by atoms with Crippen molar-refractivity contribution in [3.8, 4) is 0 Å². The van der Waals surface area contributed by atoms with Gasteiger partial charge in [0.25, 0.3) is 0 Å². The van der Waals surface area contributed by atoms with Crippen LogP contribution in [-0.2, 0) is 9.59 Å². The molecule has 0 fully saturated rings. The number of hydrogen-bond acceptors (Lipinski definition) is 3. The third-order valence-electron chi connectivity index (χ3n) is 4.20. The minimum absolute atomic E-state index is 0.0324. The van der Waals surface area contributed by atoms with E-state index < -0.39 is 5.97 Å². The Bertz CT molecular complexity index is 836. The highest BCUT2D eigenvalue weighted by molar-refractivity contribution is 6.31. The van der Waals surface area contributed by atoms with Crippen LogP contribution in [0.15, 0.2) is 60.7 Å². The summed E-state index contributed by atoms with van der Waals surface area (Å²) in [4.78, 5) is 23.4. The molecule has 6 heteroatoms. The van der Waals surface area contributed by atoms with Gasteiger partial charge in [-0.25, -0.2) is 5.01 Å². The minimum atomic E-state index is -0.905. The molecule has 0 spiro atoms. The van der Waals surface area contributed by atoms with E-state index in [2.05, 4.69) is 5.43 Å². The van der Waals surface area contributed by atoms with Crippen LogP contribution in [0.3, 0.4) is 0 Å². The predicted octanol–water partition coefficient (Wildman–Crippen LogP) is 4.02. The lowest BCUT2D eigenvalue weighted by Gasteiger charge is -2.26. The molecular weight excluding hydrogens is 352 g/mol. The Morgan fingerprint density at radius 3 is 2.42 bits per heavy atom. The van der Waals surface area contributed by atoms with Crippen LogP contribution in [0.4, 0.5) is 0 Å². The highest BCUT2D eigenvalue weighted by Crippen LogP contribution is 2.35. The predicted molar refractivity (Wildman–Crippen MR) is 100 cm³/mol. The summed E-state index contributed by atoms with van der Waals surface area (Å²) in [5.74, 6) is -1.07. The van der Waals surface area contributed by atoms with Crippen LogP contribution >= 0.6 is 11.6 Å². The number of rotatable bonds is 6. The molecule has 0 unspecified atom stereocenters. The van der Waals surface area contributed by atoms with Gasteiger partial charge < -0.3 is 5.11 Å². The molecule has 1 heterocycles. The number of hydrogen-bond donors (Lipinski definition) is 2. The number of nitrogens with zero attached hydrogens (tertiary/aromatic N) is 1. The van der Waals surface area contributed by atoms with Gasteiger partial charge in [-0.15, -0.1) is 0 Å². The monoisotopic (exact) mass is 370 g/mol. The van der Waals surface area contributed by atoms with Gasteiger partial charge in [-0.3, -0.25) is 15.0 Å². The van der Waals surface area contributed by atoms with Crippen molar-refractivity contribution in [2.75, 3.05) is 0 Å². The first-order valence-electron chi connectivity index (χ1n) is 8.38. The fraction of sp³-hybridized carbons (Fsp3) is 0.200. The minimum Gasteiger partial charge on any atom is -0.481 e. The molecule has 1 aliphatic rings. The van der Waals surface area contributed by atoms with Crippen LogP contribution in [0, 0.1) is 0 Å². The molecule has 2 N–H and O–H groups in total. The average molecular weight is 371 g/mol. The largest absolute Gasteiger partial charge is 0.481 e. The second-order valence-corrected chi connectivity index (χ2v) is 6.44. The molecule has 2 aromatic carbocycles. The third kappa shape index (κ3) is 4.06. The number of carbonyl (C=O) groups is 2. The van der Waals surface area contributed by atoms with Crippen LogP contribution in [0.5, 0.6) is 0 Å². The average Bonchev–Trinajstić information content (AvgIpc) is 3.08. The Hall–Kier alpha value is -2.79. The van der Waals surface area contributed by atoms with Crippen molar-refractivity contribution >= 4 is 29.2 Å². The number of benzene rings is 2. The molecule has 5 nitrogen and oxygen atoms in total. The van der Waals surface area contributed by atoms with Gasteiger partial charge in [-0.05, 0) is 29.7 Å². The van der Waals surface area contributed by atoms with Gasteiger partial charge in [0.15, 0.2) is 0 Å². The van der Waals surface area contributed by atoms with E-state index in [1.807, 2.05) is 54.6 Å². The quantitative estimate of drug-likeness (QED) is 0.805. The molecule has 0 bridgehead atoms. The summed E-state index contributed by atoms with van der Waals surface area (Å²) in [6.07, 6.45) is 2.37. The summed E-state index contributed by atoms with van der Waals surface area (Å²) < 4.78 is 0. The molecule has 1 atom stereocenters. The highest BCUT2D eigenvalue weighted by atomic mass is 35.5. The smallest absolute Gasteiger partial charge is 0.303 e. The molecule has 0 aliphatic carbocycles. The van der Waals surface area contributed by atoms with Crippen LogP contribution < -0.4 is 5.43 Å². The summed E-state index contributed by atoms with van der Waals surface area (Å²) in [6.45, 7) is 0. The number of amides is 1. The van der Waals surface area contributed by atoms with E-state index in [0.29, 0.717) is 11.4 Å². The van der Waals surface area contributed by atoms with Gasteiger partial charge in [-0.1, -0.05) is 60.1 Å². The number of nitrogens with one attached hydrogen (secondary N) is 1. The van der Waals surface area contributed by atoms with Gasteiger partial charge >= 0.3 is 5.97 Å². The summed E-state index contributed by atoms with van der Waals surface area (Å²) in [7, 11) is 0. The fourth-order valence-electron chi connectivity index (χ4n) is 2.92. The molecule has 0 aromatic heterocycles. The van der Waals surface area contributed by atoms with Gasteiger partial charge in [0.2, 0.25) is 5.91 Å². The topological polar surface area (TPSA) is 69.6 Å². The third-order valence-corrected chi connectivity index (χ3v) is 4.55. The van der Waals surface area contributed by atoms with Gasteiger partial charge in [0.05, 0.1) is 5.70 Å². The van der Waals surface area contributed by atoms with Crippen LogP contribution in [-0.4, -0.2) is 22.0 Å². The van der Waals surface area contributed by atoms with Crippen molar-refractivity contribution < 1.29 is 14.7 Å². The van der Waals surface area contributed by atoms with E-state index in [9.17, 15) is 9.59 Å². The van der Waals surface area contributed by atoms with Gasteiger partial charge in [0.1, 0.15) is 6.04 Å². The Labute approximate surface area is 156 Å². The Morgan fingerprint density at radius 1 is 1.04 bits per heavy atom. The number of aliphatic carboxylic acids is 1. The standard InChI is InChI=1S/C20H19ClN2O3/c21-16-10-5-4-9-15(16)18-13-17(14-7-2-1-3-8-14)22-23(18)19(24)11-6-12-20(25)26/h1-5,7-10,13,18,22H,6,11-12H2,(H,25,26)/t18-/m0/s1. The van der Waals surface area contributed by atoms with Gasteiger partial charge in [-0.2, -0.15) is 0 Å². The first-order chi connectivity index (χ1) is 12.6. The van der Waals surface area contributed by atoms with E-state index in [-0.39, 0.29) is 24.8 Å². The summed E-state index contributed by atoms with van der Waals surface area (Å²) in [6, 6.07) is 16.8. The molecule has 134 valence electrons. The SMILES string of the molecule is O=C(O)CCCC(=O)N1NC(c2ccccc2)=C[C@H]1c1ccccc1Cl.